The molecule has 0 bridgehead atoms. The van der Waals surface area contributed by atoms with Crippen LogP contribution in [0.1, 0.15) is 24.1 Å². The molecule has 0 aliphatic carbocycles. The SMILES string of the molecule is COc1cc2cnnc(N[C@H](C)c3cccc(C(F)(F)F)c3)c2cc1OC. The third-order valence-corrected chi connectivity index (χ3v) is 4.23. The lowest BCUT2D eigenvalue weighted by Crippen LogP contribution is -2.11. The maximum atomic E-state index is 13.0. The highest BCUT2D eigenvalue weighted by molar-refractivity contribution is 5.93. The molecule has 0 spiro atoms. The predicted octanol–water partition coefficient (Wildman–Crippen LogP) is 4.84. The van der Waals surface area contributed by atoms with Gasteiger partial charge in [-0.3, -0.25) is 0 Å². The molecule has 3 aromatic rings. The molecular formula is C19H18F3N3O2. The van der Waals surface area contributed by atoms with Gasteiger partial charge in [-0.15, -0.1) is 5.10 Å². The Morgan fingerprint density at radius 3 is 2.41 bits per heavy atom. The van der Waals surface area contributed by atoms with Gasteiger partial charge in [0.25, 0.3) is 0 Å². The van der Waals surface area contributed by atoms with Crippen LogP contribution in [0.2, 0.25) is 0 Å². The minimum Gasteiger partial charge on any atom is -0.493 e. The highest BCUT2D eigenvalue weighted by Gasteiger charge is 2.30. The summed E-state index contributed by atoms with van der Waals surface area (Å²) in [6.45, 7) is 1.76. The monoisotopic (exact) mass is 377 g/mol. The van der Waals surface area contributed by atoms with Crippen LogP contribution in [0.15, 0.2) is 42.6 Å². The number of fused-ring (bicyclic) bond motifs is 1. The molecule has 1 atom stereocenters. The summed E-state index contributed by atoms with van der Waals surface area (Å²) in [6.07, 6.45) is -2.81. The van der Waals surface area contributed by atoms with Gasteiger partial charge in [0.1, 0.15) is 0 Å². The Morgan fingerprint density at radius 1 is 1.04 bits per heavy atom. The second kappa shape index (κ2) is 7.30. The molecule has 3 rings (SSSR count). The fourth-order valence-corrected chi connectivity index (χ4v) is 2.79. The maximum Gasteiger partial charge on any atom is 0.416 e. The minimum atomic E-state index is -4.39. The summed E-state index contributed by atoms with van der Waals surface area (Å²) in [7, 11) is 3.06. The zero-order valence-corrected chi connectivity index (χ0v) is 15.0. The van der Waals surface area contributed by atoms with E-state index < -0.39 is 17.8 Å². The van der Waals surface area contributed by atoms with Gasteiger partial charge >= 0.3 is 6.18 Å². The summed E-state index contributed by atoms with van der Waals surface area (Å²) in [5.74, 6) is 1.51. The fourth-order valence-electron chi connectivity index (χ4n) is 2.79. The number of hydrogen-bond donors (Lipinski definition) is 1. The van der Waals surface area contributed by atoms with E-state index in [1.807, 2.05) is 0 Å². The molecule has 0 saturated carbocycles. The zero-order valence-electron chi connectivity index (χ0n) is 15.0. The third kappa shape index (κ3) is 3.89. The maximum absolute atomic E-state index is 13.0. The first-order valence-corrected chi connectivity index (χ1v) is 8.14. The molecule has 142 valence electrons. The first-order chi connectivity index (χ1) is 12.8. The van der Waals surface area contributed by atoms with Crippen molar-refractivity contribution in [3.63, 3.8) is 0 Å². The van der Waals surface area contributed by atoms with E-state index in [1.54, 1.807) is 31.3 Å². The normalized spacial score (nSPS) is 12.7. The van der Waals surface area contributed by atoms with Crippen molar-refractivity contribution in [3.8, 4) is 11.5 Å². The second-order valence-electron chi connectivity index (χ2n) is 5.98. The molecule has 27 heavy (non-hydrogen) atoms. The van der Waals surface area contributed by atoms with Crippen molar-refractivity contribution in [2.75, 3.05) is 19.5 Å². The average Bonchev–Trinajstić information content (AvgIpc) is 2.66. The molecule has 0 saturated heterocycles. The van der Waals surface area contributed by atoms with Crippen LogP contribution in [0.5, 0.6) is 11.5 Å². The molecule has 1 heterocycles. The molecule has 1 N–H and O–H groups in total. The molecule has 0 unspecified atom stereocenters. The molecule has 0 fully saturated rings. The Kier molecular flexibility index (Phi) is 5.07. The third-order valence-electron chi connectivity index (χ3n) is 4.23. The van der Waals surface area contributed by atoms with Crippen LogP contribution < -0.4 is 14.8 Å². The zero-order chi connectivity index (χ0) is 19.6. The van der Waals surface area contributed by atoms with Gasteiger partial charge in [0, 0.05) is 10.8 Å². The molecule has 1 aromatic heterocycles. The topological polar surface area (TPSA) is 56.3 Å². The largest absolute Gasteiger partial charge is 0.493 e. The summed E-state index contributed by atoms with van der Waals surface area (Å²) < 4.78 is 49.5. The minimum absolute atomic E-state index is 0.416. The summed E-state index contributed by atoms with van der Waals surface area (Å²) in [4.78, 5) is 0. The van der Waals surface area contributed by atoms with E-state index in [-0.39, 0.29) is 0 Å². The molecule has 0 aliphatic rings. The Hall–Kier alpha value is -3.03. The Morgan fingerprint density at radius 2 is 1.74 bits per heavy atom. The van der Waals surface area contributed by atoms with Crippen molar-refractivity contribution in [1.82, 2.24) is 10.2 Å². The van der Waals surface area contributed by atoms with Crippen molar-refractivity contribution in [2.45, 2.75) is 19.1 Å². The van der Waals surface area contributed by atoms with Crippen molar-refractivity contribution in [2.24, 2.45) is 0 Å². The summed E-state index contributed by atoms with van der Waals surface area (Å²) in [5, 5.41) is 12.7. The van der Waals surface area contributed by atoms with E-state index in [0.29, 0.717) is 22.9 Å². The molecular weight excluding hydrogens is 359 g/mol. The number of aromatic nitrogens is 2. The van der Waals surface area contributed by atoms with Crippen LogP contribution >= 0.6 is 0 Å². The van der Waals surface area contributed by atoms with E-state index in [2.05, 4.69) is 15.5 Å². The van der Waals surface area contributed by atoms with Gasteiger partial charge in [0.05, 0.1) is 32.0 Å². The van der Waals surface area contributed by atoms with Crippen LogP contribution in [0.3, 0.4) is 0 Å². The van der Waals surface area contributed by atoms with E-state index in [0.717, 1.165) is 22.9 Å². The number of anilines is 1. The number of hydrogen-bond acceptors (Lipinski definition) is 5. The van der Waals surface area contributed by atoms with E-state index in [4.69, 9.17) is 9.47 Å². The standard InChI is InChI=1S/C19H18F3N3O2/c1-11(12-5-4-6-14(7-12)19(20,21)22)24-18-15-9-17(27-3)16(26-2)8-13(15)10-23-25-18/h4-11H,1-3H3,(H,24,25)/t11-/m1/s1. The van der Waals surface area contributed by atoms with Gasteiger partial charge in [-0.25, -0.2) is 0 Å². The lowest BCUT2D eigenvalue weighted by molar-refractivity contribution is -0.137. The van der Waals surface area contributed by atoms with Gasteiger partial charge in [0.2, 0.25) is 0 Å². The number of benzene rings is 2. The van der Waals surface area contributed by atoms with Crippen LogP contribution in [0.25, 0.3) is 10.8 Å². The summed E-state index contributed by atoms with van der Waals surface area (Å²) >= 11 is 0. The Labute approximate surface area is 154 Å². The number of alkyl halides is 3. The highest BCUT2D eigenvalue weighted by Crippen LogP contribution is 2.35. The van der Waals surface area contributed by atoms with E-state index in [9.17, 15) is 13.2 Å². The van der Waals surface area contributed by atoms with E-state index >= 15 is 0 Å². The first kappa shape index (κ1) is 18.8. The Balaban J connectivity index is 1.97. The number of nitrogens with zero attached hydrogens (tertiary/aromatic N) is 2. The predicted molar refractivity (Wildman–Crippen MR) is 96.1 cm³/mol. The quantitative estimate of drug-likeness (QED) is 0.690. The van der Waals surface area contributed by atoms with E-state index in [1.165, 1.54) is 20.3 Å². The molecule has 0 radical (unpaired) electrons. The number of methoxy groups -OCH3 is 2. The molecule has 2 aromatic carbocycles. The lowest BCUT2D eigenvalue weighted by Gasteiger charge is -2.18. The van der Waals surface area contributed by atoms with Gasteiger partial charge in [-0.1, -0.05) is 12.1 Å². The lowest BCUT2D eigenvalue weighted by atomic mass is 10.0. The first-order valence-electron chi connectivity index (χ1n) is 8.14. The van der Waals surface area contributed by atoms with Gasteiger partial charge < -0.3 is 14.8 Å². The number of halogens is 3. The summed E-state index contributed by atoms with van der Waals surface area (Å²) in [6, 6.07) is 8.30. The number of ether oxygens (including phenoxy) is 2. The van der Waals surface area contributed by atoms with Crippen molar-refractivity contribution in [3.05, 3.63) is 53.7 Å². The molecule has 0 aliphatic heterocycles. The molecule has 8 heteroatoms. The second-order valence-corrected chi connectivity index (χ2v) is 5.98. The van der Waals surface area contributed by atoms with Crippen LogP contribution in [0, 0.1) is 0 Å². The number of nitrogens with one attached hydrogen (secondary N) is 1. The van der Waals surface area contributed by atoms with Crippen molar-refractivity contribution >= 4 is 16.6 Å². The van der Waals surface area contributed by atoms with Gasteiger partial charge in [0.15, 0.2) is 17.3 Å². The van der Waals surface area contributed by atoms with Crippen LogP contribution in [-0.2, 0) is 6.18 Å². The fraction of sp³-hybridized carbons (Fsp3) is 0.263. The summed E-state index contributed by atoms with van der Waals surface area (Å²) in [5.41, 5.74) is -0.201. The highest BCUT2D eigenvalue weighted by atomic mass is 19.4. The average molecular weight is 377 g/mol. The van der Waals surface area contributed by atoms with Crippen LogP contribution in [0.4, 0.5) is 19.0 Å². The van der Waals surface area contributed by atoms with Crippen molar-refractivity contribution < 1.29 is 22.6 Å². The molecule has 0 amide bonds. The smallest absolute Gasteiger partial charge is 0.416 e. The van der Waals surface area contributed by atoms with Crippen molar-refractivity contribution in [1.29, 1.82) is 0 Å². The van der Waals surface area contributed by atoms with Crippen LogP contribution in [-0.4, -0.2) is 24.4 Å². The van der Waals surface area contributed by atoms with Gasteiger partial charge in [-0.05, 0) is 36.8 Å². The van der Waals surface area contributed by atoms with Gasteiger partial charge in [-0.2, -0.15) is 18.3 Å². The Bertz CT molecular complexity index is 961. The molecule has 5 nitrogen and oxygen atoms in total. The number of rotatable bonds is 5.